The number of aromatic nitrogens is 4. The summed E-state index contributed by atoms with van der Waals surface area (Å²) in [4.78, 5) is 4.96. The van der Waals surface area contributed by atoms with Crippen LogP contribution in [0.2, 0.25) is 0 Å². The third-order valence-corrected chi connectivity index (χ3v) is 6.15. The quantitative estimate of drug-likeness (QED) is 0.303. The number of nitriles is 1. The Labute approximate surface area is 187 Å². The number of unbranched alkanes of at least 4 members (excludes halogenated alkanes) is 2. The molecule has 0 aliphatic rings. The Morgan fingerprint density at radius 3 is 2.53 bits per heavy atom. The van der Waals surface area contributed by atoms with E-state index in [9.17, 15) is 5.26 Å². The lowest BCUT2D eigenvalue weighted by atomic mass is 9.95. The number of benzene rings is 2. The maximum Gasteiger partial charge on any atom is 0.0991 e. The smallest absolute Gasteiger partial charge is 0.0991 e. The summed E-state index contributed by atoms with van der Waals surface area (Å²) in [5.74, 6) is 0. The van der Waals surface area contributed by atoms with Crippen LogP contribution in [0.25, 0.3) is 44.2 Å². The van der Waals surface area contributed by atoms with Crippen molar-refractivity contribution < 1.29 is 0 Å². The van der Waals surface area contributed by atoms with Crippen LogP contribution < -0.4 is 0 Å². The van der Waals surface area contributed by atoms with Gasteiger partial charge in [0.15, 0.2) is 0 Å². The van der Waals surface area contributed by atoms with Crippen molar-refractivity contribution in [2.24, 2.45) is 7.05 Å². The van der Waals surface area contributed by atoms with Gasteiger partial charge in [0.1, 0.15) is 0 Å². The number of aryl methyl sites for hydroxylation is 2. The van der Waals surface area contributed by atoms with Crippen molar-refractivity contribution in [3.8, 4) is 28.5 Å². The predicted molar refractivity (Wildman–Crippen MR) is 129 cm³/mol. The number of rotatable bonds is 6. The third-order valence-electron chi connectivity index (χ3n) is 6.15. The molecule has 0 aliphatic heterocycles. The van der Waals surface area contributed by atoms with Gasteiger partial charge in [-0.2, -0.15) is 10.4 Å². The summed E-state index contributed by atoms with van der Waals surface area (Å²) in [6.07, 6.45) is 9.64. The summed E-state index contributed by atoms with van der Waals surface area (Å²) < 4.78 is 4.19. The monoisotopic (exact) mass is 419 g/mol. The predicted octanol–water partition coefficient (Wildman–Crippen LogP) is 6.32. The van der Waals surface area contributed by atoms with Gasteiger partial charge < -0.3 is 4.57 Å². The van der Waals surface area contributed by atoms with E-state index in [1.54, 1.807) is 0 Å². The molecule has 0 amide bonds. The Morgan fingerprint density at radius 1 is 0.938 bits per heavy atom. The number of hydrogen-bond acceptors (Lipinski definition) is 3. The van der Waals surface area contributed by atoms with Gasteiger partial charge in [-0.3, -0.25) is 9.67 Å². The normalized spacial score (nSPS) is 11.3. The van der Waals surface area contributed by atoms with E-state index in [4.69, 9.17) is 4.98 Å². The van der Waals surface area contributed by atoms with Gasteiger partial charge in [-0.15, -0.1) is 0 Å². The maximum atomic E-state index is 9.24. The molecule has 0 bridgehead atoms. The van der Waals surface area contributed by atoms with Crippen molar-refractivity contribution >= 4 is 21.8 Å². The second-order valence-electron chi connectivity index (χ2n) is 8.23. The first-order valence-electron chi connectivity index (χ1n) is 11.1. The average molecular weight is 420 g/mol. The molecule has 0 unspecified atom stereocenters. The van der Waals surface area contributed by atoms with Crippen LogP contribution in [0, 0.1) is 11.3 Å². The lowest BCUT2D eigenvalue weighted by Gasteiger charge is -2.13. The molecule has 2 aromatic carbocycles. The van der Waals surface area contributed by atoms with Gasteiger partial charge in [0.05, 0.1) is 40.8 Å². The van der Waals surface area contributed by atoms with Gasteiger partial charge in [0.2, 0.25) is 0 Å². The molecule has 0 saturated carbocycles. The molecule has 0 N–H and O–H groups in total. The Balaban J connectivity index is 1.71. The summed E-state index contributed by atoms with van der Waals surface area (Å²) >= 11 is 0. The van der Waals surface area contributed by atoms with Crippen molar-refractivity contribution in [1.29, 1.82) is 5.26 Å². The highest BCUT2D eigenvalue weighted by Crippen LogP contribution is 2.38. The molecule has 5 nitrogen and oxygen atoms in total. The van der Waals surface area contributed by atoms with E-state index in [0.29, 0.717) is 5.56 Å². The van der Waals surface area contributed by atoms with Crippen LogP contribution in [-0.4, -0.2) is 19.3 Å². The summed E-state index contributed by atoms with van der Waals surface area (Å²) in [6.45, 7) is 3.22. The lowest BCUT2D eigenvalue weighted by molar-refractivity contribution is 0.616. The molecule has 0 radical (unpaired) electrons. The van der Waals surface area contributed by atoms with Crippen LogP contribution in [0.5, 0.6) is 0 Å². The van der Waals surface area contributed by atoms with E-state index in [1.807, 2.05) is 48.4 Å². The van der Waals surface area contributed by atoms with Gasteiger partial charge in [-0.25, -0.2) is 0 Å². The molecule has 158 valence electrons. The third kappa shape index (κ3) is 3.44. The fourth-order valence-electron chi connectivity index (χ4n) is 4.42. The Morgan fingerprint density at radius 2 is 1.75 bits per heavy atom. The van der Waals surface area contributed by atoms with Gasteiger partial charge >= 0.3 is 0 Å². The highest BCUT2D eigenvalue weighted by molar-refractivity contribution is 6.02. The van der Waals surface area contributed by atoms with E-state index in [-0.39, 0.29) is 0 Å². The Bertz CT molecular complexity index is 1450. The number of hydrogen-bond donors (Lipinski definition) is 0. The van der Waals surface area contributed by atoms with Crippen LogP contribution in [0.3, 0.4) is 0 Å². The van der Waals surface area contributed by atoms with E-state index >= 15 is 0 Å². The van der Waals surface area contributed by atoms with Crippen LogP contribution in [0.1, 0.15) is 31.7 Å². The largest absolute Gasteiger partial charge is 0.346 e. The van der Waals surface area contributed by atoms with Crippen LogP contribution in [0.15, 0.2) is 67.1 Å². The lowest BCUT2D eigenvalue weighted by Crippen LogP contribution is -1.98. The van der Waals surface area contributed by atoms with E-state index in [0.717, 1.165) is 51.8 Å². The Kier molecular flexibility index (Phi) is 5.20. The van der Waals surface area contributed by atoms with Gasteiger partial charge in [-0.1, -0.05) is 38.0 Å². The van der Waals surface area contributed by atoms with Gasteiger partial charge in [0, 0.05) is 41.7 Å². The minimum Gasteiger partial charge on any atom is -0.346 e. The zero-order chi connectivity index (χ0) is 22.1. The minimum atomic E-state index is 0.657. The second-order valence-corrected chi connectivity index (χ2v) is 8.23. The molecule has 0 saturated heterocycles. The summed E-state index contributed by atoms with van der Waals surface area (Å²) in [5.41, 5.74) is 7.07. The molecule has 5 heteroatoms. The Hall–Kier alpha value is -3.91. The highest BCUT2D eigenvalue weighted by Gasteiger charge is 2.16. The minimum absolute atomic E-state index is 0.657. The van der Waals surface area contributed by atoms with E-state index in [2.05, 4.69) is 53.1 Å². The molecule has 5 aromatic rings. The first-order valence-corrected chi connectivity index (χ1v) is 11.1. The maximum absolute atomic E-state index is 9.24. The van der Waals surface area contributed by atoms with Crippen LogP contribution in [0.4, 0.5) is 0 Å². The zero-order valence-corrected chi connectivity index (χ0v) is 18.4. The van der Waals surface area contributed by atoms with Crippen LogP contribution in [-0.2, 0) is 13.6 Å². The standard InChI is InChI=1S/C27H25N5/c1-3-4-5-13-32-14-12-23-25(32)18-29-27(26(23)20-8-6-19(16-28)7-9-20)21-10-11-24-22(15-21)17-30-31(24)2/h6-12,14-15,17-18H,3-5,13H2,1-2H3. The molecule has 3 heterocycles. The first kappa shape index (κ1) is 20.0. The van der Waals surface area contributed by atoms with Crippen molar-refractivity contribution in [2.45, 2.75) is 32.7 Å². The number of fused-ring (bicyclic) bond motifs is 2. The summed E-state index contributed by atoms with van der Waals surface area (Å²) in [6, 6.07) is 18.6. The fourth-order valence-corrected chi connectivity index (χ4v) is 4.42. The topological polar surface area (TPSA) is 59.4 Å². The van der Waals surface area contributed by atoms with Crippen molar-refractivity contribution in [3.63, 3.8) is 0 Å². The average Bonchev–Trinajstić information content (AvgIpc) is 3.42. The molecule has 3 aromatic heterocycles. The fraction of sp³-hybridized carbons (Fsp3) is 0.222. The first-order chi connectivity index (χ1) is 15.7. The highest BCUT2D eigenvalue weighted by atomic mass is 15.2. The van der Waals surface area contributed by atoms with Crippen molar-refractivity contribution in [3.05, 3.63) is 72.7 Å². The summed E-state index contributed by atoms with van der Waals surface area (Å²) in [5, 5.41) is 15.9. The molecule has 0 aliphatic carbocycles. The van der Waals surface area contributed by atoms with E-state index in [1.165, 1.54) is 18.2 Å². The molecule has 5 rings (SSSR count). The number of pyridine rings is 1. The molecule has 0 atom stereocenters. The molecular weight excluding hydrogens is 394 g/mol. The molecule has 0 fully saturated rings. The SMILES string of the molecule is CCCCCn1ccc2c(-c3ccc(C#N)cc3)c(-c3ccc4c(cnn4C)c3)ncc21. The van der Waals surface area contributed by atoms with Crippen LogP contribution >= 0.6 is 0 Å². The molecule has 0 spiro atoms. The zero-order valence-electron chi connectivity index (χ0n) is 18.4. The van der Waals surface area contributed by atoms with E-state index < -0.39 is 0 Å². The number of nitrogens with zero attached hydrogens (tertiary/aromatic N) is 5. The summed E-state index contributed by atoms with van der Waals surface area (Å²) in [7, 11) is 1.95. The van der Waals surface area contributed by atoms with Gasteiger partial charge in [-0.05, 0) is 42.3 Å². The second kappa shape index (κ2) is 8.32. The molecule has 32 heavy (non-hydrogen) atoms. The van der Waals surface area contributed by atoms with Crippen molar-refractivity contribution in [2.75, 3.05) is 0 Å². The van der Waals surface area contributed by atoms with Gasteiger partial charge in [0.25, 0.3) is 0 Å². The molecular formula is C27H25N5. The van der Waals surface area contributed by atoms with Crippen molar-refractivity contribution in [1.82, 2.24) is 19.3 Å².